The van der Waals surface area contributed by atoms with Crippen molar-refractivity contribution in [2.45, 2.75) is 63.7 Å². The zero-order valence-electron chi connectivity index (χ0n) is 22.4. The number of amides is 4. The van der Waals surface area contributed by atoms with E-state index in [1.165, 1.54) is 11.8 Å². The number of carboxylic acid groups (broad SMARTS) is 1. The Bertz CT molecular complexity index is 1170. The number of aromatic amines is 1. The van der Waals surface area contributed by atoms with E-state index in [1.807, 2.05) is 30.5 Å². The van der Waals surface area contributed by atoms with E-state index >= 15 is 0 Å². The number of para-hydroxylation sites is 1. The monoisotopic (exact) mass is 562 g/mol. The fourth-order valence-electron chi connectivity index (χ4n) is 3.98. The van der Waals surface area contributed by atoms with Gasteiger partial charge in [-0.15, -0.1) is 0 Å². The van der Waals surface area contributed by atoms with Gasteiger partial charge in [-0.25, -0.2) is 4.79 Å². The number of carbonyl (C=O) groups is 5. The SMILES string of the molecule is CSCCC(NC(=O)C(NC(=O)C(N)CCC(N)=O)C(C)C)C(=O)NC(Cc1c[nH]c2ccccc12)C(=O)O. The van der Waals surface area contributed by atoms with Gasteiger partial charge in [-0.05, 0) is 42.4 Å². The number of aliphatic carboxylic acids is 1. The van der Waals surface area contributed by atoms with Crippen LogP contribution in [0.3, 0.4) is 0 Å². The average molecular weight is 563 g/mol. The van der Waals surface area contributed by atoms with Gasteiger partial charge in [0.05, 0.1) is 6.04 Å². The van der Waals surface area contributed by atoms with Crippen LogP contribution in [0.15, 0.2) is 30.5 Å². The summed E-state index contributed by atoms with van der Waals surface area (Å²) in [4.78, 5) is 65.0. The van der Waals surface area contributed by atoms with Crippen molar-refractivity contribution < 1.29 is 29.1 Å². The zero-order valence-corrected chi connectivity index (χ0v) is 23.2. The van der Waals surface area contributed by atoms with Crippen molar-refractivity contribution in [2.75, 3.05) is 12.0 Å². The molecule has 13 heteroatoms. The lowest BCUT2D eigenvalue weighted by atomic mass is 10.0. The molecule has 4 amide bonds. The Kier molecular flexibility index (Phi) is 12.3. The van der Waals surface area contributed by atoms with E-state index < -0.39 is 53.8 Å². The maximum absolute atomic E-state index is 13.2. The Morgan fingerprint density at radius 2 is 1.64 bits per heavy atom. The number of nitrogens with two attached hydrogens (primary N) is 2. The summed E-state index contributed by atoms with van der Waals surface area (Å²) in [7, 11) is 0. The Hall–Kier alpha value is -3.58. The van der Waals surface area contributed by atoms with Crippen molar-refractivity contribution in [3.63, 3.8) is 0 Å². The average Bonchev–Trinajstić information content (AvgIpc) is 3.29. The quantitative estimate of drug-likeness (QED) is 0.150. The van der Waals surface area contributed by atoms with E-state index in [-0.39, 0.29) is 31.6 Å². The van der Waals surface area contributed by atoms with Crippen LogP contribution in [0.25, 0.3) is 10.9 Å². The summed E-state index contributed by atoms with van der Waals surface area (Å²) in [6.07, 6.45) is 3.80. The third kappa shape index (κ3) is 9.59. The predicted octanol–water partition coefficient (Wildman–Crippen LogP) is 0.251. The molecule has 2 rings (SSSR count). The standard InChI is InChI=1S/C26H38N6O6S/c1-14(2)22(32-23(34)17(27)8-9-21(28)33)25(36)30-19(10-11-39-3)24(35)31-20(26(37)38)12-15-13-29-18-7-5-4-6-16(15)18/h4-7,13-14,17,19-20,22,29H,8-12,27H2,1-3H3,(H2,28,33)(H,30,36)(H,31,35)(H,32,34)(H,37,38). The Morgan fingerprint density at radius 1 is 0.974 bits per heavy atom. The lowest BCUT2D eigenvalue weighted by Crippen LogP contribution is -2.58. The van der Waals surface area contributed by atoms with Gasteiger partial charge < -0.3 is 37.5 Å². The van der Waals surface area contributed by atoms with E-state index in [0.29, 0.717) is 5.75 Å². The maximum Gasteiger partial charge on any atom is 0.326 e. The second kappa shape index (κ2) is 15.1. The molecule has 0 saturated heterocycles. The molecule has 1 aromatic heterocycles. The fourth-order valence-corrected chi connectivity index (χ4v) is 4.45. The number of hydrogen-bond donors (Lipinski definition) is 7. The summed E-state index contributed by atoms with van der Waals surface area (Å²) in [5.74, 6) is -3.50. The maximum atomic E-state index is 13.2. The highest BCUT2D eigenvalue weighted by Gasteiger charge is 2.32. The second-order valence-electron chi connectivity index (χ2n) is 9.65. The summed E-state index contributed by atoms with van der Waals surface area (Å²) < 4.78 is 0. The van der Waals surface area contributed by atoms with Gasteiger partial charge in [0.2, 0.25) is 23.6 Å². The molecule has 39 heavy (non-hydrogen) atoms. The predicted molar refractivity (Wildman–Crippen MR) is 150 cm³/mol. The first-order chi connectivity index (χ1) is 18.4. The number of thioether (sulfide) groups is 1. The van der Waals surface area contributed by atoms with Crippen molar-refractivity contribution in [1.29, 1.82) is 0 Å². The number of fused-ring (bicyclic) bond motifs is 1. The van der Waals surface area contributed by atoms with Crippen LogP contribution in [0.4, 0.5) is 0 Å². The second-order valence-corrected chi connectivity index (χ2v) is 10.6. The Balaban J connectivity index is 2.13. The Morgan fingerprint density at radius 3 is 2.26 bits per heavy atom. The molecule has 0 spiro atoms. The number of H-pyrrole nitrogens is 1. The van der Waals surface area contributed by atoms with Gasteiger partial charge in [0.1, 0.15) is 18.1 Å². The molecular formula is C26H38N6O6S. The van der Waals surface area contributed by atoms with E-state index in [4.69, 9.17) is 11.5 Å². The first-order valence-electron chi connectivity index (χ1n) is 12.7. The molecule has 12 nitrogen and oxygen atoms in total. The molecule has 0 aliphatic carbocycles. The van der Waals surface area contributed by atoms with Crippen LogP contribution in [0, 0.1) is 5.92 Å². The normalized spacial score (nSPS) is 14.3. The van der Waals surface area contributed by atoms with Crippen molar-refractivity contribution in [3.8, 4) is 0 Å². The molecular weight excluding hydrogens is 524 g/mol. The lowest BCUT2D eigenvalue weighted by molar-refractivity contribution is -0.142. The third-order valence-electron chi connectivity index (χ3n) is 6.24. The van der Waals surface area contributed by atoms with Crippen molar-refractivity contribution in [1.82, 2.24) is 20.9 Å². The van der Waals surface area contributed by atoms with Crippen LogP contribution in [0.2, 0.25) is 0 Å². The molecule has 1 heterocycles. The molecule has 0 aliphatic rings. The molecule has 4 atom stereocenters. The van der Waals surface area contributed by atoms with Gasteiger partial charge in [-0.3, -0.25) is 19.2 Å². The number of nitrogens with one attached hydrogen (secondary N) is 4. The number of benzene rings is 1. The number of rotatable bonds is 16. The molecule has 0 radical (unpaired) electrons. The van der Waals surface area contributed by atoms with Crippen LogP contribution in [-0.2, 0) is 30.4 Å². The minimum atomic E-state index is -1.23. The lowest BCUT2D eigenvalue weighted by Gasteiger charge is -2.27. The first kappa shape index (κ1) is 31.6. The van der Waals surface area contributed by atoms with Crippen LogP contribution in [-0.4, -0.2) is 75.9 Å². The number of primary amides is 1. The highest BCUT2D eigenvalue weighted by molar-refractivity contribution is 7.98. The van der Waals surface area contributed by atoms with Gasteiger partial charge in [-0.1, -0.05) is 32.0 Å². The van der Waals surface area contributed by atoms with Crippen molar-refractivity contribution >= 4 is 52.3 Å². The van der Waals surface area contributed by atoms with Crippen molar-refractivity contribution in [3.05, 3.63) is 36.0 Å². The molecule has 9 N–H and O–H groups in total. The molecule has 0 aliphatic heterocycles. The molecule has 0 bridgehead atoms. The molecule has 2 aromatic rings. The minimum absolute atomic E-state index is 0.0271. The van der Waals surface area contributed by atoms with E-state index in [2.05, 4.69) is 20.9 Å². The van der Waals surface area contributed by atoms with Gasteiger partial charge in [-0.2, -0.15) is 11.8 Å². The molecule has 1 aromatic carbocycles. The van der Waals surface area contributed by atoms with E-state index in [0.717, 1.165) is 16.5 Å². The third-order valence-corrected chi connectivity index (χ3v) is 6.89. The van der Waals surface area contributed by atoms with Crippen LogP contribution in [0.1, 0.15) is 38.7 Å². The van der Waals surface area contributed by atoms with Crippen LogP contribution < -0.4 is 27.4 Å². The zero-order chi connectivity index (χ0) is 29.1. The molecule has 0 fully saturated rings. The van der Waals surface area contributed by atoms with E-state index in [9.17, 15) is 29.1 Å². The topological polar surface area (TPSA) is 209 Å². The van der Waals surface area contributed by atoms with Gasteiger partial charge >= 0.3 is 5.97 Å². The first-order valence-corrected chi connectivity index (χ1v) is 14.1. The number of carboxylic acids is 1. The summed E-state index contributed by atoms with van der Waals surface area (Å²) in [6, 6.07) is 3.13. The van der Waals surface area contributed by atoms with Crippen LogP contribution in [0.5, 0.6) is 0 Å². The van der Waals surface area contributed by atoms with E-state index in [1.54, 1.807) is 20.0 Å². The number of carbonyl (C=O) groups excluding carboxylic acids is 4. The van der Waals surface area contributed by atoms with Crippen LogP contribution >= 0.6 is 11.8 Å². The van der Waals surface area contributed by atoms with Gasteiger partial charge in [0, 0.05) is 29.9 Å². The van der Waals surface area contributed by atoms with Gasteiger partial charge in [0.15, 0.2) is 0 Å². The highest BCUT2D eigenvalue weighted by Crippen LogP contribution is 2.19. The summed E-state index contributed by atoms with van der Waals surface area (Å²) in [5, 5.41) is 18.5. The molecule has 4 unspecified atom stereocenters. The summed E-state index contributed by atoms with van der Waals surface area (Å²) >= 11 is 1.47. The largest absolute Gasteiger partial charge is 0.480 e. The smallest absolute Gasteiger partial charge is 0.326 e. The molecule has 0 saturated carbocycles. The van der Waals surface area contributed by atoms with Crippen molar-refractivity contribution in [2.24, 2.45) is 17.4 Å². The minimum Gasteiger partial charge on any atom is -0.480 e. The highest BCUT2D eigenvalue weighted by atomic mass is 32.2. The summed E-state index contributed by atoms with van der Waals surface area (Å²) in [6.45, 7) is 3.44. The summed E-state index contributed by atoms with van der Waals surface area (Å²) in [5.41, 5.74) is 12.5. The molecule has 214 valence electrons. The number of hydrogen-bond acceptors (Lipinski definition) is 7. The fraction of sp³-hybridized carbons (Fsp3) is 0.500. The van der Waals surface area contributed by atoms with Gasteiger partial charge in [0.25, 0.3) is 0 Å². The Labute approximate surface area is 231 Å². The number of aromatic nitrogens is 1.